The van der Waals surface area contributed by atoms with E-state index in [1.807, 2.05) is 24.3 Å². The summed E-state index contributed by atoms with van der Waals surface area (Å²) in [6.07, 6.45) is 2.43. The Morgan fingerprint density at radius 3 is 2.37 bits per heavy atom. The van der Waals surface area contributed by atoms with Gasteiger partial charge in [0.1, 0.15) is 10.6 Å². The molecule has 2 aliphatic rings. The molecule has 2 amide bonds. The van der Waals surface area contributed by atoms with E-state index in [0.29, 0.717) is 19.5 Å². The van der Waals surface area contributed by atoms with Crippen molar-refractivity contribution in [3.05, 3.63) is 53.6 Å². The fraction of sp³-hybridized carbons (Fsp3) is 0.462. The molecule has 2 atom stereocenters. The molecule has 0 aromatic heterocycles. The third-order valence-corrected chi connectivity index (χ3v) is 8.51. The Hall–Kier alpha value is -2.91. The van der Waals surface area contributed by atoms with Crippen LogP contribution < -0.4 is 15.0 Å². The number of sulfonamides is 1. The number of hydrogen-bond acceptors (Lipinski definition) is 5. The minimum atomic E-state index is -3.82. The molecule has 0 bridgehead atoms. The van der Waals surface area contributed by atoms with E-state index in [1.54, 1.807) is 11.0 Å². The third-order valence-electron chi connectivity index (χ3n) is 6.65. The molecule has 0 unspecified atom stereocenters. The zero-order chi connectivity index (χ0) is 25.2. The maximum atomic E-state index is 13.5. The van der Waals surface area contributed by atoms with Crippen molar-refractivity contribution >= 4 is 27.5 Å². The first kappa shape index (κ1) is 25.2. The Balaban J connectivity index is 1.48. The maximum Gasteiger partial charge on any atom is 0.251 e. The van der Waals surface area contributed by atoms with Crippen molar-refractivity contribution in [3.63, 3.8) is 0 Å². The van der Waals surface area contributed by atoms with Gasteiger partial charge in [0.2, 0.25) is 15.9 Å². The van der Waals surface area contributed by atoms with Crippen LogP contribution in [0.1, 0.15) is 49.0 Å². The highest BCUT2D eigenvalue weighted by atomic mass is 32.2. The molecule has 2 aromatic carbocycles. The smallest absolute Gasteiger partial charge is 0.251 e. The van der Waals surface area contributed by atoms with E-state index < -0.39 is 10.0 Å². The van der Waals surface area contributed by atoms with Crippen LogP contribution in [-0.2, 0) is 21.4 Å². The Morgan fingerprint density at radius 1 is 1.09 bits per heavy atom. The monoisotopic (exact) mass is 499 g/mol. The molecule has 0 aliphatic carbocycles. The molecule has 2 fully saturated rings. The van der Waals surface area contributed by atoms with E-state index >= 15 is 0 Å². The van der Waals surface area contributed by atoms with E-state index in [-0.39, 0.29) is 46.4 Å². The second-order valence-electron chi connectivity index (χ2n) is 9.63. The Bertz CT molecular complexity index is 1190. The molecular weight excluding hydrogens is 466 g/mol. The molecule has 0 saturated carbocycles. The normalized spacial score (nSPS) is 21.2. The lowest BCUT2D eigenvalue weighted by molar-refractivity contribution is -0.117. The number of anilines is 1. The van der Waals surface area contributed by atoms with Crippen molar-refractivity contribution in [2.45, 2.75) is 44.6 Å². The number of piperidine rings is 1. The van der Waals surface area contributed by atoms with Gasteiger partial charge < -0.3 is 15.0 Å². The molecule has 2 heterocycles. The van der Waals surface area contributed by atoms with Gasteiger partial charge in [0.05, 0.1) is 7.11 Å². The van der Waals surface area contributed by atoms with Crippen molar-refractivity contribution < 1.29 is 22.7 Å². The van der Waals surface area contributed by atoms with Crippen molar-refractivity contribution in [1.82, 2.24) is 9.62 Å². The van der Waals surface area contributed by atoms with Crippen molar-refractivity contribution in [2.75, 3.05) is 31.6 Å². The highest BCUT2D eigenvalue weighted by Gasteiger charge is 2.34. The second kappa shape index (κ2) is 10.4. The van der Waals surface area contributed by atoms with E-state index in [0.717, 1.165) is 30.6 Å². The molecular formula is C26H33N3O5S. The SMILES string of the molecule is COc1ccc(C(=O)NCc2ccc(N3CCCC3=O)cc2)cc1S(=O)(=O)N1C[C@H](C)C[C@H](C)C1. The minimum absolute atomic E-state index is 0.00795. The van der Waals surface area contributed by atoms with Gasteiger partial charge in [0.15, 0.2) is 0 Å². The first-order valence-electron chi connectivity index (χ1n) is 12.0. The van der Waals surface area contributed by atoms with Crippen LogP contribution in [0.25, 0.3) is 0 Å². The van der Waals surface area contributed by atoms with Crippen LogP contribution in [-0.4, -0.2) is 51.3 Å². The number of carbonyl (C=O) groups excluding carboxylic acids is 2. The van der Waals surface area contributed by atoms with Gasteiger partial charge in [-0.3, -0.25) is 9.59 Å². The molecule has 4 rings (SSSR count). The number of amides is 2. The average Bonchev–Trinajstić information content (AvgIpc) is 3.27. The van der Waals surface area contributed by atoms with Gasteiger partial charge in [-0.15, -0.1) is 0 Å². The second-order valence-corrected chi connectivity index (χ2v) is 11.5. The van der Waals surface area contributed by atoms with E-state index in [1.165, 1.54) is 23.5 Å². The van der Waals surface area contributed by atoms with Crippen molar-refractivity contribution in [2.24, 2.45) is 11.8 Å². The van der Waals surface area contributed by atoms with Crippen LogP contribution in [0, 0.1) is 11.8 Å². The van der Waals surface area contributed by atoms with Gasteiger partial charge in [-0.2, -0.15) is 4.31 Å². The summed E-state index contributed by atoms with van der Waals surface area (Å²) in [6, 6.07) is 12.0. The van der Waals surface area contributed by atoms with Crippen LogP contribution in [0.15, 0.2) is 47.4 Å². The summed E-state index contributed by atoms with van der Waals surface area (Å²) in [6.45, 7) is 6.01. The van der Waals surface area contributed by atoms with Crippen LogP contribution in [0.4, 0.5) is 5.69 Å². The van der Waals surface area contributed by atoms with Gasteiger partial charge in [0.25, 0.3) is 5.91 Å². The number of nitrogens with zero attached hydrogens (tertiary/aromatic N) is 2. The fourth-order valence-electron chi connectivity index (χ4n) is 4.96. The Morgan fingerprint density at radius 2 is 1.77 bits per heavy atom. The molecule has 188 valence electrons. The molecule has 2 aliphatic heterocycles. The minimum Gasteiger partial charge on any atom is -0.495 e. The fourth-order valence-corrected chi connectivity index (χ4v) is 6.82. The zero-order valence-corrected chi connectivity index (χ0v) is 21.3. The maximum absolute atomic E-state index is 13.5. The zero-order valence-electron chi connectivity index (χ0n) is 20.5. The lowest BCUT2D eigenvalue weighted by atomic mass is 9.94. The van der Waals surface area contributed by atoms with Gasteiger partial charge in [0, 0.05) is 43.9 Å². The lowest BCUT2D eigenvalue weighted by Gasteiger charge is -2.34. The van der Waals surface area contributed by atoms with Gasteiger partial charge >= 0.3 is 0 Å². The Labute approximate surface area is 207 Å². The Kier molecular flexibility index (Phi) is 7.47. The quantitative estimate of drug-likeness (QED) is 0.630. The summed E-state index contributed by atoms with van der Waals surface area (Å²) in [5, 5.41) is 2.85. The van der Waals surface area contributed by atoms with E-state index in [4.69, 9.17) is 4.74 Å². The van der Waals surface area contributed by atoms with Crippen LogP contribution in [0.3, 0.4) is 0 Å². The lowest BCUT2D eigenvalue weighted by Crippen LogP contribution is -2.42. The number of benzene rings is 2. The topological polar surface area (TPSA) is 96.0 Å². The van der Waals surface area contributed by atoms with Crippen molar-refractivity contribution in [3.8, 4) is 5.75 Å². The van der Waals surface area contributed by atoms with Gasteiger partial charge in [-0.1, -0.05) is 26.0 Å². The number of carbonyl (C=O) groups is 2. The summed E-state index contributed by atoms with van der Waals surface area (Å²) in [5.74, 6) is 0.509. The van der Waals surface area contributed by atoms with Gasteiger partial charge in [-0.05, 0) is 60.6 Å². The first-order chi connectivity index (χ1) is 16.7. The number of hydrogen-bond donors (Lipinski definition) is 1. The van der Waals surface area contributed by atoms with Crippen molar-refractivity contribution in [1.29, 1.82) is 0 Å². The van der Waals surface area contributed by atoms with Crippen LogP contribution in [0.5, 0.6) is 5.75 Å². The number of methoxy groups -OCH3 is 1. The van der Waals surface area contributed by atoms with Gasteiger partial charge in [-0.25, -0.2) is 8.42 Å². The largest absolute Gasteiger partial charge is 0.495 e. The average molecular weight is 500 g/mol. The molecule has 2 saturated heterocycles. The molecule has 2 aromatic rings. The summed E-state index contributed by atoms with van der Waals surface area (Å²) in [5.41, 5.74) is 1.99. The highest BCUT2D eigenvalue weighted by Crippen LogP contribution is 2.32. The molecule has 1 N–H and O–H groups in total. The van der Waals surface area contributed by atoms with Crippen LogP contribution >= 0.6 is 0 Å². The predicted octanol–water partition coefficient (Wildman–Crippen LogP) is 3.42. The summed E-state index contributed by atoms with van der Waals surface area (Å²) >= 11 is 0. The van der Waals surface area contributed by atoms with Crippen LogP contribution in [0.2, 0.25) is 0 Å². The first-order valence-corrected chi connectivity index (χ1v) is 13.5. The summed E-state index contributed by atoms with van der Waals surface area (Å²) in [4.78, 5) is 26.6. The highest BCUT2D eigenvalue weighted by molar-refractivity contribution is 7.89. The molecule has 0 spiro atoms. The van der Waals surface area contributed by atoms with E-state index in [2.05, 4.69) is 19.2 Å². The molecule has 9 heteroatoms. The molecule has 8 nitrogen and oxygen atoms in total. The molecule has 35 heavy (non-hydrogen) atoms. The standard InChI is InChI=1S/C26H33N3O5S/c1-18-13-19(2)17-28(16-18)35(32,33)24-14-21(8-11-23(24)34-3)26(31)27-15-20-6-9-22(10-7-20)29-12-4-5-25(29)30/h6-11,14,18-19H,4-5,12-13,15-17H2,1-3H3,(H,27,31)/t18-,19+. The van der Waals surface area contributed by atoms with E-state index in [9.17, 15) is 18.0 Å². The summed E-state index contributed by atoms with van der Waals surface area (Å²) in [7, 11) is -2.39. The number of nitrogens with one attached hydrogen (secondary N) is 1. The number of rotatable bonds is 7. The molecule has 0 radical (unpaired) electrons. The summed E-state index contributed by atoms with van der Waals surface area (Å²) < 4.78 is 33.8. The third kappa shape index (κ3) is 5.51. The predicted molar refractivity (Wildman–Crippen MR) is 134 cm³/mol. The number of ether oxygens (including phenoxy) is 1.